The number of carboxylic acid groups (broad SMARTS) is 2. The lowest BCUT2D eigenvalue weighted by atomic mass is 10.1. The van der Waals surface area contributed by atoms with Crippen LogP contribution in [0.25, 0.3) is 0 Å². The first-order valence-electron chi connectivity index (χ1n) is 5.52. The molecule has 1 aromatic rings. The Morgan fingerprint density at radius 2 is 1.95 bits per heavy atom. The largest absolute Gasteiger partial charge is 0.481 e. The average molecular weight is 365 g/mol. The van der Waals surface area contributed by atoms with Gasteiger partial charge in [0.15, 0.2) is 0 Å². The Bertz CT molecular complexity index is 549. The minimum absolute atomic E-state index is 0.114. The van der Waals surface area contributed by atoms with E-state index >= 15 is 0 Å². The number of carboxylic acids is 2. The van der Waals surface area contributed by atoms with Gasteiger partial charge in [-0.15, -0.1) is 0 Å². The fraction of sp³-hybridized carbons (Fsp3) is 0.250. The van der Waals surface area contributed by atoms with E-state index in [-0.39, 0.29) is 23.4 Å². The second kappa shape index (κ2) is 7.25. The molecule has 1 unspecified atom stereocenters. The van der Waals surface area contributed by atoms with Crippen LogP contribution in [0.15, 0.2) is 22.7 Å². The number of halogens is 2. The van der Waals surface area contributed by atoms with Crippen LogP contribution in [0.1, 0.15) is 23.2 Å². The average Bonchev–Trinajstić information content (AvgIpc) is 2.36. The van der Waals surface area contributed by atoms with E-state index in [1.807, 2.05) is 0 Å². The molecule has 0 fully saturated rings. The van der Waals surface area contributed by atoms with Crippen molar-refractivity contribution < 1.29 is 24.6 Å². The minimum atomic E-state index is -1.30. The molecular weight excluding hydrogens is 353 g/mol. The van der Waals surface area contributed by atoms with Crippen molar-refractivity contribution in [3.05, 3.63) is 33.3 Å². The molecule has 0 aliphatic carbocycles. The van der Waals surface area contributed by atoms with Crippen molar-refractivity contribution in [2.45, 2.75) is 18.9 Å². The van der Waals surface area contributed by atoms with E-state index in [4.69, 9.17) is 21.8 Å². The number of benzene rings is 1. The van der Waals surface area contributed by atoms with Crippen LogP contribution in [-0.4, -0.2) is 34.1 Å². The van der Waals surface area contributed by atoms with Crippen LogP contribution >= 0.6 is 27.5 Å². The van der Waals surface area contributed by atoms with Crippen LogP contribution < -0.4 is 5.32 Å². The Hall–Kier alpha value is -1.60. The SMILES string of the molecule is O=C(O)CCC(NC(=O)c1cccc(Br)c1Cl)C(=O)O. The molecule has 6 nitrogen and oxygen atoms in total. The number of carbonyl (C=O) groups is 3. The lowest BCUT2D eigenvalue weighted by Gasteiger charge is -2.14. The standard InChI is InChI=1S/C12H11BrClNO5/c13-7-3-1-2-6(10(7)14)11(18)15-8(12(19)20)4-5-9(16)17/h1-3,8H,4-5H2,(H,15,18)(H,16,17)(H,19,20). The highest BCUT2D eigenvalue weighted by molar-refractivity contribution is 9.10. The predicted octanol–water partition coefficient (Wildman–Crippen LogP) is 2.15. The van der Waals surface area contributed by atoms with Crippen molar-refractivity contribution >= 4 is 45.4 Å². The molecule has 0 radical (unpaired) electrons. The first kappa shape index (κ1) is 16.5. The Balaban J connectivity index is 2.83. The van der Waals surface area contributed by atoms with Crippen molar-refractivity contribution in [3.8, 4) is 0 Å². The highest BCUT2D eigenvalue weighted by Crippen LogP contribution is 2.26. The maximum absolute atomic E-state index is 12.0. The molecule has 1 rings (SSSR count). The van der Waals surface area contributed by atoms with Crippen molar-refractivity contribution in [1.29, 1.82) is 0 Å². The van der Waals surface area contributed by atoms with Crippen LogP contribution in [-0.2, 0) is 9.59 Å². The van der Waals surface area contributed by atoms with E-state index in [0.29, 0.717) is 4.47 Å². The maximum Gasteiger partial charge on any atom is 0.326 e. The maximum atomic E-state index is 12.0. The van der Waals surface area contributed by atoms with Gasteiger partial charge < -0.3 is 15.5 Å². The summed E-state index contributed by atoms with van der Waals surface area (Å²) in [4.78, 5) is 33.4. The van der Waals surface area contributed by atoms with Gasteiger partial charge in [0.2, 0.25) is 0 Å². The van der Waals surface area contributed by atoms with E-state index in [9.17, 15) is 14.4 Å². The lowest BCUT2D eigenvalue weighted by Crippen LogP contribution is -2.41. The van der Waals surface area contributed by atoms with Gasteiger partial charge in [0.1, 0.15) is 6.04 Å². The topological polar surface area (TPSA) is 104 Å². The van der Waals surface area contributed by atoms with Gasteiger partial charge in [-0.3, -0.25) is 9.59 Å². The van der Waals surface area contributed by atoms with Crippen molar-refractivity contribution in [3.63, 3.8) is 0 Å². The van der Waals surface area contributed by atoms with Crippen molar-refractivity contribution in [2.24, 2.45) is 0 Å². The Kier molecular flexibility index (Phi) is 5.97. The fourth-order valence-corrected chi connectivity index (χ4v) is 2.02. The third-order valence-electron chi connectivity index (χ3n) is 2.45. The van der Waals surface area contributed by atoms with E-state index in [0.717, 1.165) is 0 Å². The Morgan fingerprint density at radius 3 is 2.50 bits per heavy atom. The summed E-state index contributed by atoms with van der Waals surface area (Å²) in [6.07, 6.45) is -0.564. The van der Waals surface area contributed by atoms with Gasteiger partial charge in [0.05, 0.1) is 10.6 Å². The molecule has 20 heavy (non-hydrogen) atoms. The summed E-state index contributed by atoms with van der Waals surface area (Å²) in [6, 6.07) is 3.38. The number of rotatable bonds is 6. The van der Waals surface area contributed by atoms with Gasteiger partial charge in [-0.2, -0.15) is 0 Å². The smallest absolute Gasteiger partial charge is 0.326 e. The summed E-state index contributed by atoms with van der Waals surface area (Å²) < 4.78 is 0.504. The molecule has 108 valence electrons. The second-order valence-corrected chi connectivity index (χ2v) is 5.13. The van der Waals surface area contributed by atoms with E-state index in [1.54, 1.807) is 12.1 Å². The number of amides is 1. The number of hydrogen-bond acceptors (Lipinski definition) is 3. The summed E-state index contributed by atoms with van der Waals surface area (Å²) >= 11 is 9.08. The molecule has 1 aromatic carbocycles. The highest BCUT2D eigenvalue weighted by Gasteiger charge is 2.23. The van der Waals surface area contributed by atoms with Crippen molar-refractivity contribution in [1.82, 2.24) is 5.32 Å². The Morgan fingerprint density at radius 1 is 1.30 bits per heavy atom. The highest BCUT2D eigenvalue weighted by atomic mass is 79.9. The number of nitrogens with one attached hydrogen (secondary N) is 1. The van der Waals surface area contributed by atoms with Crippen LogP contribution in [0.5, 0.6) is 0 Å². The molecule has 0 aromatic heterocycles. The van der Waals surface area contributed by atoms with E-state index in [2.05, 4.69) is 21.2 Å². The van der Waals surface area contributed by atoms with Gasteiger partial charge in [-0.05, 0) is 34.5 Å². The predicted molar refractivity (Wildman–Crippen MR) is 74.9 cm³/mol. The zero-order valence-electron chi connectivity index (χ0n) is 10.1. The fourth-order valence-electron chi connectivity index (χ4n) is 1.44. The van der Waals surface area contributed by atoms with Crippen LogP contribution in [0.4, 0.5) is 0 Å². The molecule has 1 amide bonds. The van der Waals surface area contributed by atoms with Gasteiger partial charge in [-0.1, -0.05) is 17.7 Å². The summed E-state index contributed by atoms with van der Waals surface area (Å²) in [5.74, 6) is -3.11. The zero-order chi connectivity index (χ0) is 15.3. The van der Waals surface area contributed by atoms with Gasteiger partial charge >= 0.3 is 11.9 Å². The monoisotopic (exact) mass is 363 g/mol. The molecule has 0 saturated carbocycles. The summed E-state index contributed by atoms with van der Waals surface area (Å²) in [7, 11) is 0. The minimum Gasteiger partial charge on any atom is -0.481 e. The molecule has 0 bridgehead atoms. The number of carbonyl (C=O) groups excluding carboxylic acids is 1. The van der Waals surface area contributed by atoms with Gasteiger partial charge in [-0.25, -0.2) is 4.79 Å². The summed E-state index contributed by atoms with van der Waals surface area (Å²) in [5.41, 5.74) is 0.114. The first-order chi connectivity index (χ1) is 9.32. The molecule has 0 heterocycles. The van der Waals surface area contributed by atoms with Crippen LogP contribution in [0, 0.1) is 0 Å². The Labute approximate surface area is 127 Å². The normalized spacial score (nSPS) is 11.7. The summed E-state index contributed by atoms with van der Waals surface area (Å²) in [5, 5.41) is 19.9. The zero-order valence-corrected chi connectivity index (χ0v) is 12.4. The van der Waals surface area contributed by atoms with Gasteiger partial charge in [0, 0.05) is 10.9 Å². The molecule has 8 heteroatoms. The molecule has 0 saturated heterocycles. The summed E-state index contributed by atoms with van der Waals surface area (Å²) in [6.45, 7) is 0. The van der Waals surface area contributed by atoms with Crippen molar-refractivity contribution in [2.75, 3.05) is 0 Å². The number of aliphatic carboxylic acids is 2. The third kappa shape index (κ3) is 4.50. The van der Waals surface area contributed by atoms with Crippen LogP contribution in [0.3, 0.4) is 0 Å². The molecule has 3 N–H and O–H groups in total. The quantitative estimate of drug-likeness (QED) is 0.717. The van der Waals surface area contributed by atoms with Gasteiger partial charge in [0.25, 0.3) is 5.91 Å². The molecular formula is C12H11BrClNO5. The third-order valence-corrected chi connectivity index (χ3v) is 3.74. The molecule has 0 aliphatic heterocycles. The first-order valence-corrected chi connectivity index (χ1v) is 6.69. The second-order valence-electron chi connectivity index (χ2n) is 3.90. The molecule has 1 atom stereocenters. The number of hydrogen-bond donors (Lipinski definition) is 3. The lowest BCUT2D eigenvalue weighted by molar-refractivity contribution is -0.140. The molecule has 0 spiro atoms. The molecule has 0 aliphatic rings. The van der Waals surface area contributed by atoms with E-state index in [1.165, 1.54) is 6.07 Å². The van der Waals surface area contributed by atoms with E-state index < -0.39 is 23.9 Å². The van der Waals surface area contributed by atoms with Crippen LogP contribution in [0.2, 0.25) is 5.02 Å².